The number of β-amino-alcohol motifs (C(OH)–C–C–N with tert-alkyl or cyclic N) is 1. The number of anilines is 1. The van der Waals surface area contributed by atoms with Crippen molar-refractivity contribution in [1.82, 2.24) is 4.90 Å². The number of likely N-dealkylation sites (tertiary alicyclic amines) is 1. The highest BCUT2D eigenvalue weighted by atomic mass is 32.2. The number of benzene rings is 1. The average Bonchev–Trinajstić information content (AvgIpc) is 2.86. The van der Waals surface area contributed by atoms with E-state index in [0.717, 1.165) is 17.7 Å². The quantitative estimate of drug-likeness (QED) is 0.880. The van der Waals surface area contributed by atoms with Crippen LogP contribution in [0.3, 0.4) is 0 Å². The molecule has 1 fully saturated rings. The Morgan fingerprint density at radius 3 is 2.64 bits per heavy atom. The molecule has 1 N–H and O–H groups in total. The molecule has 2 aliphatic rings. The lowest BCUT2D eigenvalue weighted by Crippen LogP contribution is -2.59. The maximum absolute atomic E-state index is 12.8. The van der Waals surface area contributed by atoms with Gasteiger partial charge in [-0.15, -0.1) is 0 Å². The monoisotopic (exact) mass is 324 g/mol. The summed E-state index contributed by atoms with van der Waals surface area (Å²) in [5.41, 5.74) is 1.95. The van der Waals surface area contributed by atoms with Gasteiger partial charge in [0.1, 0.15) is 5.25 Å². The van der Waals surface area contributed by atoms with Crippen molar-refractivity contribution in [2.45, 2.75) is 31.6 Å². The third-order valence-corrected chi connectivity index (χ3v) is 6.85. The largest absolute Gasteiger partial charge is 0.392 e. The van der Waals surface area contributed by atoms with Gasteiger partial charge in [0.25, 0.3) is 0 Å². The predicted octanol–water partition coefficient (Wildman–Crippen LogP) is 1.08. The molecule has 0 aromatic heterocycles. The Bertz CT molecular complexity index is 639. The van der Waals surface area contributed by atoms with Gasteiger partial charge in [-0.05, 0) is 24.0 Å². The smallest absolute Gasteiger partial charge is 0.240 e. The number of sulfonamides is 1. The minimum Gasteiger partial charge on any atom is -0.392 e. The van der Waals surface area contributed by atoms with E-state index >= 15 is 0 Å². The highest BCUT2D eigenvalue weighted by molar-refractivity contribution is 7.93. The number of fused-ring (bicyclic) bond motifs is 1. The molecule has 1 atom stereocenters. The van der Waals surface area contributed by atoms with Gasteiger partial charge >= 0.3 is 0 Å². The number of aliphatic hydroxyl groups is 1. The van der Waals surface area contributed by atoms with Crippen molar-refractivity contribution in [2.75, 3.05) is 30.5 Å². The van der Waals surface area contributed by atoms with Gasteiger partial charge < -0.3 is 5.11 Å². The van der Waals surface area contributed by atoms with E-state index < -0.39 is 16.1 Å². The predicted molar refractivity (Wildman–Crippen MR) is 87.5 cm³/mol. The fourth-order valence-corrected chi connectivity index (χ4v) is 5.04. The molecule has 3 rings (SSSR count). The van der Waals surface area contributed by atoms with Crippen molar-refractivity contribution in [2.24, 2.45) is 5.92 Å². The van der Waals surface area contributed by atoms with E-state index in [1.165, 1.54) is 0 Å². The molecule has 22 heavy (non-hydrogen) atoms. The van der Waals surface area contributed by atoms with E-state index in [1.54, 1.807) is 4.31 Å². The lowest BCUT2D eigenvalue weighted by Gasteiger charge is -2.41. The van der Waals surface area contributed by atoms with Crippen LogP contribution in [0.5, 0.6) is 0 Å². The van der Waals surface area contributed by atoms with E-state index in [1.807, 2.05) is 43.0 Å². The summed E-state index contributed by atoms with van der Waals surface area (Å²) >= 11 is 0. The number of hydrogen-bond donors (Lipinski definition) is 1. The van der Waals surface area contributed by atoms with Crippen LogP contribution in [0.15, 0.2) is 24.3 Å². The standard InChI is InChI=1S/C16H24N2O3S/c1-12(2)16(19)11-17-9-14(10-17)22(20,21)18-8-7-13-5-3-4-6-15(13)18/h3-6,12,14,16,19H,7-11H2,1-2H3. The topological polar surface area (TPSA) is 60.9 Å². The van der Waals surface area contributed by atoms with E-state index in [-0.39, 0.29) is 11.2 Å². The first kappa shape index (κ1) is 15.8. The van der Waals surface area contributed by atoms with Gasteiger partial charge in [-0.2, -0.15) is 0 Å². The van der Waals surface area contributed by atoms with E-state index in [9.17, 15) is 13.5 Å². The summed E-state index contributed by atoms with van der Waals surface area (Å²) in [7, 11) is -3.29. The number of rotatable bonds is 5. The summed E-state index contributed by atoms with van der Waals surface area (Å²) < 4.78 is 27.1. The molecule has 1 saturated heterocycles. The summed E-state index contributed by atoms with van der Waals surface area (Å²) in [5, 5.41) is 9.54. The van der Waals surface area contributed by atoms with Crippen LogP contribution in [0.25, 0.3) is 0 Å². The van der Waals surface area contributed by atoms with Gasteiger partial charge in [-0.1, -0.05) is 32.0 Å². The summed E-state index contributed by atoms with van der Waals surface area (Å²) in [6.45, 7) is 6.09. The van der Waals surface area contributed by atoms with Crippen LogP contribution in [0.1, 0.15) is 19.4 Å². The lowest BCUT2D eigenvalue weighted by atomic mass is 10.1. The van der Waals surface area contributed by atoms with Crippen LogP contribution in [-0.2, 0) is 16.4 Å². The van der Waals surface area contributed by atoms with Crippen molar-refractivity contribution < 1.29 is 13.5 Å². The Morgan fingerprint density at radius 1 is 1.27 bits per heavy atom. The molecule has 2 heterocycles. The summed E-state index contributed by atoms with van der Waals surface area (Å²) in [6.07, 6.45) is 0.397. The van der Waals surface area contributed by atoms with Gasteiger partial charge in [0.05, 0.1) is 11.8 Å². The second-order valence-electron chi connectivity index (χ2n) is 6.65. The zero-order valence-corrected chi connectivity index (χ0v) is 14.0. The normalized spacial score (nSPS) is 21.0. The Balaban J connectivity index is 1.65. The first-order valence-electron chi connectivity index (χ1n) is 7.89. The summed E-state index contributed by atoms with van der Waals surface area (Å²) in [4.78, 5) is 2.02. The fraction of sp³-hybridized carbons (Fsp3) is 0.625. The molecular weight excluding hydrogens is 300 g/mol. The second-order valence-corrected chi connectivity index (χ2v) is 8.79. The van der Waals surface area contributed by atoms with E-state index in [4.69, 9.17) is 0 Å². The summed E-state index contributed by atoms with van der Waals surface area (Å²) in [5.74, 6) is 0.195. The van der Waals surface area contributed by atoms with Crippen LogP contribution in [-0.4, -0.2) is 56.0 Å². The molecule has 6 heteroatoms. The fourth-order valence-electron chi connectivity index (χ4n) is 3.09. The molecule has 0 radical (unpaired) electrons. The maximum Gasteiger partial charge on any atom is 0.240 e. The van der Waals surface area contributed by atoms with Crippen LogP contribution in [0.2, 0.25) is 0 Å². The molecule has 1 aromatic carbocycles. The van der Waals surface area contributed by atoms with Gasteiger partial charge in [0, 0.05) is 26.2 Å². The van der Waals surface area contributed by atoms with Crippen molar-refractivity contribution in [3.05, 3.63) is 29.8 Å². The number of hydrogen-bond acceptors (Lipinski definition) is 4. The molecular formula is C16H24N2O3S. The Morgan fingerprint density at radius 2 is 1.95 bits per heavy atom. The molecule has 0 bridgehead atoms. The molecule has 5 nitrogen and oxygen atoms in total. The number of nitrogens with zero attached hydrogens (tertiary/aromatic N) is 2. The van der Waals surface area contributed by atoms with Gasteiger partial charge in [-0.25, -0.2) is 8.42 Å². The number of aliphatic hydroxyl groups excluding tert-OH is 1. The third-order valence-electron chi connectivity index (χ3n) is 4.71. The zero-order valence-electron chi connectivity index (χ0n) is 13.1. The molecule has 1 unspecified atom stereocenters. The Hall–Kier alpha value is -1.11. The van der Waals surface area contributed by atoms with Crippen molar-refractivity contribution in [3.63, 3.8) is 0 Å². The van der Waals surface area contributed by atoms with Crippen molar-refractivity contribution >= 4 is 15.7 Å². The minimum absolute atomic E-state index is 0.195. The first-order chi connectivity index (χ1) is 10.4. The molecule has 0 aliphatic carbocycles. The van der Waals surface area contributed by atoms with Crippen molar-refractivity contribution in [3.8, 4) is 0 Å². The van der Waals surface area contributed by atoms with Gasteiger partial charge in [-0.3, -0.25) is 9.21 Å². The van der Waals surface area contributed by atoms with E-state index in [2.05, 4.69) is 0 Å². The lowest BCUT2D eigenvalue weighted by molar-refractivity contribution is 0.0525. The molecule has 1 aromatic rings. The van der Waals surface area contributed by atoms with E-state index in [0.29, 0.717) is 26.2 Å². The highest BCUT2D eigenvalue weighted by Gasteiger charge is 2.43. The first-order valence-corrected chi connectivity index (χ1v) is 9.40. The average molecular weight is 324 g/mol. The maximum atomic E-state index is 12.8. The van der Waals surface area contributed by atoms with Crippen LogP contribution >= 0.6 is 0 Å². The third kappa shape index (κ3) is 2.75. The minimum atomic E-state index is -3.29. The SMILES string of the molecule is CC(C)C(O)CN1CC(S(=O)(=O)N2CCc3ccccc32)C1. The Labute approximate surface area is 132 Å². The van der Waals surface area contributed by atoms with Gasteiger partial charge in [0.2, 0.25) is 10.0 Å². The zero-order chi connectivity index (χ0) is 15.9. The van der Waals surface area contributed by atoms with Gasteiger partial charge in [0.15, 0.2) is 0 Å². The molecule has 122 valence electrons. The molecule has 0 saturated carbocycles. The van der Waals surface area contributed by atoms with Crippen LogP contribution < -0.4 is 4.31 Å². The second kappa shape index (κ2) is 5.83. The molecule has 0 spiro atoms. The summed E-state index contributed by atoms with van der Waals surface area (Å²) in [6, 6.07) is 7.72. The molecule has 0 amide bonds. The van der Waals surface area contributed by atoms with Crippen molar-refractivity contribution in [1.29, 1.82) is 0 Å². The molecule has 2 aliphatic heterocycles. The Kier molecular flexibility index (Phi) is 4.18. The van der Waals surface area contributed by atoms with Crippen LogP contribution in [0, 0.1) is 5.92 Å². The van der Waals surface area contributed by atoms with Crippen LogP contribution in [0.4, 0.5) is 5.69 Å². The number of para-hydroxylation sites is 1. The highest BCUT2D eigenvalue weighted by Crippen LogP contribution is 2.33.